The van der Waals surface area contributed by atoms with Crippen molar-refractivity contribution in [1.29, 1.82) is 0 Å². The Morgan fingerprint density at radius 2 is 1.77 bits per heavy atom. The molecule has 4 aromatic rings. The second kappa shape index (κ2) is 7.06. The van der Waals surface area contributed by atoms with Gasteiger partial charge in [-0.3, -0.25) is 4.79 Å². The standard InChI is InChI=1S/C21H17N3OS/c1-26-18-10-3-2-8-16(18)21(25)22-17-9-6-7-15-11-12-19(23-20(15)17)24-13-4-5-14-24/h2-14H,1H3,(H,22,25). The third-order valence-electron chi connectivity index (χ3n) is 4.17. The monoisotopic (exact) mass is 359 g/mol. The molecule has 0 unspecified atom stereocenters. The molecule has 0 aliphatic heterocycles. The molecule has 5 heteroatoms. The Hall–Kier alpha value is -3.05. The van der Waals surface area contributed by atoms with Crippen LogP contribution in [-0.4, -0.2) is 21.7 Å². The summed E-state index contributed by atoms with van der Waals surface area (Å²) in [4.78, 5) is 18.5. The molecule has 0 saturated heterocycles. The molecule has 0 radical (unpaired) electrons. The number of nitrogens with zero attached hydrogens (tertiary/aromatic N) is 2. The zero-order valence-corrected chi connectivity index (χ0v) is 15.0. The first-order valence-corrected chi connectivity index (χ1v) is 9.46. The van der Waals surface area contributed by atoms with Gasteiger partial charge in [0.05, 0.1) is 16.8 Å². The van der Waals surface area contributed by atoms with Gasteiger partial charge in [0.15, 0.2) is 0 Å². The Morgan fingerprint density at radius 3 is 2.58 bits per heavy atom. The molecule has 0 saturated carbocycles. The van der Waals surface area contributed by atoms with E-state index in [1.807, 2.05) is 89.9 Å². The molecule has 0 bridgehead atoms. The van der Waals surface area contributed by atoms with Gasteiger partial charge in [-0.15, -0.1) is 11.8 Å². The predicted octanol–water partition coefficient (Wildman–Crippen LogP) is 5.00. The highest BCUT2D eigenvalue weighted by molar-refractivity contribution is 7.98. The second-order valence-electron chi connectivity index (χ2n) is 5.79. The average Bonchev–Trinajstić information content (AvgIpc) is 3.22. The smallest absolute Gasteiger partial charge is 0.256 e. The normalized spacial score (nSPS) is 10.8. The van der Waals surface area contributed by atoms with Gasteiger partial charge in [-0.1, -0.05) is 24.3 Å². The summed E-state index contributed by atoms with van der Waals surface area (Å²) in [5.74, 6) is 0.685. The number of nitrogens with one attached hydrogen (secondary N) is 1. The Labute approximate surface area is 155 Å². The van der Waals surface area contributed by atoms with E-state index in [1.165, 1.54) is 0 Å². The third kappa shape index (κ3) is 3.09. The number of carbonyl (C=O) groups is 1. The highest BCUT2D eigenvalue weighted by Gasteiger charge is 2.13. The van der Waals surface area contributed by atoms with Crippen LogP contribution in [0.25, 0.3) is 16.7 Å². The highest BCUT2D eigenvalue weighted by atomic mass is 32.2. The lowest BCUT2D eigenvalue weighted by atomic mass is 10.1. The number of thioether (sulfide) groups is 1. The number of hydrogen-bond acceptors (Lipinski definition) is 3. The molecule has 2 aromatic carbocycles. The summed E-state index contributed by atoms with van der Waals surface area (Å²) in [6.45, 7) is 0. The zero-order chi connectivity index (χ0) is 17.9. The lowest BCUT2D eigenvalue weighted by molar-refractivity contribution is 0.102. The summed E-state index contributed by atoms with van der Waals surface area (Å²) in [5, 5.41) is 4.01. The number of benzene rings is 2. The number of fused-ring (bicyclic) bond motifs is 1. The van der Waals surface area contributed by atoms with Crippen LogP contribution in [0.2, 0.25) is 0 Å². The summed E-state index contributed by atoms with van der Waals surface area (Å²) in [6, 6.07) is 21.3. The van der Waals surface area contributed by atoms with E-state index >= 15 is 0 Å². The molecule has 0 fully saturated rings. The maximum absolute atomic E-state index is 12.8. The molecule has 1 amide bonds. The fourth-order valence-electron chi connectivity index (χ4n) is 2.89. The highest BCUT2D eigenvalue weighted by Crippen LogP contribution is 2.25. The van der Waals surface area contributed by atoms with E-state index in [1.54, 1.807) is 11.8 Å². The Kier molecular flexibility index (Phi) is 4.46. The van der Waals surface area contributed by atoms with Crippen molar-refractivity contribution in [1.82, 2.24) is 9.55 Å². The van der Waals surface area contributed by atoms with E-state index in [4.69, 9.17) is 4.98 Å². The maximum Gasteiger partial charge on any atom is 0.256 e. The molecule has 0 atom stereocenters. The molecule has 2 aromatic heterocycles. The van der Waals surface area contributed by atoms with Gasteiger partial charge < -0.3 is 9.88 Å². The number of pyridine rings is 1. The van der Waals surface area contributed by atoms with E-state index in [2.05, 4.69) is 5.32 Å². The van der Waals surface area contributed by atoms with Crippen molar-refractivity contribution >= 4 is 34.3 Å². The summed E-state index contributed by atoms with van der Waals surface area (Å²) < 4.78 is 1.95. The van der Waals surface area contributed by atoms with Gasteiger partial charge in [0, 0.05) is 22.7 Å². The Morgan fingerprint density at radius 1 is 0.962 bits per heavy atom. The Balaban J connectivity index is 1.74. The SMILES string of the molecule is CSc1ccccc1C(=O)Nc1cccc2ccc(-n3cccc3)nc12. The van der Waals surface area contributed by atoms with E-state index in [9.17, 15) is 4.79 Å². The van der Waals surface area contributed by atoms with Gasteiger partial charge >= 0.3 is 0 Å². The predicted molar refractivity (Wildman–Crippen MR) is 107 cm³/mol. The molecule has 1 N–H and O–H groups in total. The minimum absolute atomic E-state index is 0.129. The number of aromatic nitrogens is 2. The molecule has 0 spiro atoms. The number of rotatable bonds is 4. The zero-order valence-electron chi connectivity index (χ0n) is 14.2. The quantitative estimate of drug-likeness (QED) is 0.522. The largest absolute Gasteiger partial charge is 0.320 e. The molecule has 4 nitrogen and oxygen atoms in total. The van der Waals surface area contributed by atoms with Crippen LogP contribution in [0, 0.1) is 0 Å². The summed E-state index contributed by atoms with van der Waals surface area (Å²) >= 11 is 1.56. The van der Waals surface area contributed by atoms with Gasteiger partial charge in [-0.05, 0) is 48.7 Å². The van der Waals surface area contributed by atoms with Crippen LogP contribution in [0.3, 0.4) is 0 Å². The Bertz CT molecular complexity index is 1070. The van der Waals surface area contributed by atoms with Gasteiger partial charge in [-0.25, -0.2) is 4.98 Å². The molecule has 0 aliphatic carbocycles. The fourth-order valence-corrected chi connectivity index (χ4v) is 3.49. The topological polar surface area (TPSA) is 46.9 Å². The van der Waals surface area contributed by atoms with E-state index in [0.717, 1.165) is 21.6 Å². The minimum Gasteiger partial charge on any atom is -0.320 e. The van der Waals surface area contributed by atoms with Crippen molar-refractivity contribution in [3.05, 3.63) is 84.7 Å². The van der Waals surface area contributed by atoms with Gasteiger partial charge in [0.2, 0.25) is 0 Å². The first-order valence-electron chi connectivity index (χ1n) is 8.24. The van der Waals surface area contributed by atoms with Gasteiger partial charge in [0.25, 0.3) is 5.91 Å². The van der Waals surface area contributed by atoms with Crippen LogP contribution >= 0.6 is 11.8 Å². The van der Waals surface area contributed by atoms with Crippen molar-refractivity contribution in [3.63, 3.8) is 0 Å². The molecule has 2 heterocycles. The number of hydrogen-bond donors (Lipinski definition) is 1. The van der Waals surface area contributed by atoms with Crippen molar-refractivity contribution in [2.75, 3.05) is 11.6 Å². The summed E-state index contributed by atoms with van der Waals surface area (Å²) in [6.07, 6.45) is 5.86. The lowest BCUT2D eigenvalue weighted by Gasteiger charge is -2.11. The van der Waals surface area contributed by atoms with E-state index in [-0.39, 0.29) is 5.91 Å². The fraction of sp³-hybridized carbons (Fsp3) is 0.0476. The van der Waals surface area contributed by atoms with Crippen LogP contribution in [0.5, 0.6) is 0 Å². The van der Waals surface area contributed by atoms with Crippen LogP contribution in [-0.2, 0) is 0 Å². The second-order valence-corrected chi connectivity index (χ2v) is 6.64. The lowest BCUT2D eigenvalue weighted by Crippen LogP contribution is -2.13. The molecule has 4 rings (SSSR count). The first-order chi connectivity index (χ1) is 12.8. The third-order valence-corrected chi connectivity index (χ3v) is 4.97. The van der Waals surface area contributed by atoms with Crippen molar-refractivity contribution < 1.29 is 4.79 Å². The van der Waals surface area contributed by atoms with Gasteiger partial charge in [0.1, 0.15) is 5.82 Å². The molecular formula is C21H17N3OS. The molecule has 0 aliphatic rings. The number of amides is 1. The minimum atomic E-state index is -0.129. The van der Waals surface area contributed by atoms with Gasteiger partial charge in [-0.2, -0.15) is 0 Å². The van der Waals surface area contributed by atoms with Crippen LogP contribution in [0.15, 0.2) is 84.0 Å². The number of carbonyl (C=O) groups excluding carboxylic acids is 1. The number of anilines is 1. The summed E-state index contributed by atoms with van der Waals surface area (Å²) in [5.41, 5.74) is 2.14. The first kappa shape index (κ1) is 16.4. The van der Waals surface area contributed by atoms with Crippen LogP contribution in [0.1, 0.15) is 10.4 Å². The molecular weight excluding hydrogens is 342 g/mol. The summed E-state index contributed by atoms with van der Waals surface area (Å²) in [7, 11) is 0. The van der Waals surface area contributed by atoms with Crippen LogP contribution < -0.4 is 5.32 Å². The van der Waals surface area contributed by atoms with Crippen molar-refractivity contribution in [2.24, 2.45) is 0 Å². The number of para-hydroxylation sites is 1. The maximum atomic E-state index is 12.8. The van der Waals surface area contributed by atoms with Crippen molar-refractivity contribution in [2.45, 2.75) is 4.90 Å². The van der Waals surface area contributed by atoms with E-state index < -0.39 is 0 Å². The molecule has 26 heavy (non-hydrogen) atoms. The van der Waals surface area contributed by atoms with Crippen LogP contribution in [0.4, 0.5) is 5.69 Å². The average molecular weight is 359 g/mol. The van der Waals surface area contributed by atoms with Crippen molar-refractivity contribution in [3.8, 4) is 5.82 Å². The van der Waals surface area contributed by atoms with E-state index in [0.29, 0.717) is 11.3 Å². The molecule has 128 valence electrons.